The van der Waals surface area contributed by atoms with Crippen LogP contribution in [0.3, 0.4) is 0 Å². The van der Waals surface area contributed by atoms with Gasteiger partial charge in [0.1, 0.15) is 5.75 Å². The molecule has 6 heteroatoms. The molecule has 0 aliphatic rings. The van der Waals surface area contributed by atoms with Gasteiger partial charge in [-0.25, -0.2) is 8.42 Å². The number of aliphatic carboxylic acids is 1. The summed E-state index contributed by atoms with van der Waals surface area (Å²) in [6.07, 6.45) is 0. The molecule has 0 spiro atoms. The first-order valence-corrected chi connectivity index (χ1v) is 7.14. The summed E-state index contributed by atoms with van der Waals surface area (Å²) in [6.45, 7) is 4.55. The molecule has 0 saturated heterocycles. The van der Waals surface area contributed by atoms with E-state index >= 15 is 0 Å². The monoisotopic (exact) mass is 272 g/mol. The summed E-state index contributed by atoms with van der Waals surface area (Å²) in [5.74, 6) is -1.33. The van der Waals surface area contributed by atoms with Crippen molar-refractivity contribution in [3.05, 3.63) is 24.3 Å². The van der Waals surface area contributed by atoms with Gasteiger partial charge in [-0.15, -0.1) is 0 Å². The van der Waals surface area contributed by atoms with Crippen LogP contribution in [-0.2, 0) is 14.6 Å². The molecule has 1 aromatic rings. The molecule has 1 rings (SSSR count). The minimum Gasteiger partial charge on any atom is -0.493 e. The maximum absolute atomic E-state index is 11.6. The third-order valence-electron chi connectivity index (χ3n) is 2.08. The fourth-order valence-corrected chi connectivity index (χ4v) is 2.29. The molecule has 1 N–H and O–H groups in total. The van der Waals surface area contributed by atoms with Crippen LogP contribution in [0.4, 0.5) is 0 Å². The third kappa shape index (κ3) is 4.37. The quantitative estimate of drug-likeness (QED) is 0.850. The van der Waals surface area contributed by atoms with E-state index in [1.807, 2.05) is 13.8 Å². The zero-order chi connectivity index (χ0) is 13.8. The summed E-state index contributed by atoms with van der Waals surface area (Å²) in [5.41, 5.74) is 0. The second-order valence-electron chi connectivity index (χ2n) is 4.33. The van der Waals surface area contributed by atoms with E-state index in [2.05, 4.69) is 0 Å². The molecule has 0 radical (unpaired) electrons. The molecule has 0 aromatic heterocycles. The van der Waals surface area contributed by atoms with Gasteiger partial charge in [0.05, 0.1) is 11.5 Å². The lowest BCUT2D eigenvalue weighted by atomic mass is 10.2. The first-order valence-electron chi connectivity index (χ1n) is 5.48. The zero-order valence-corrected chi connectivity index (χ0v) is 11.1. The Morgan fingerprint density at radius 3 is 2.28 bits per heavy atom. The second-order valence-corrected chi connectivity index (χ2v) is 6.32. The fourth-order valence-electron chi connectivity index (χ4n) is 1.25. The zero-order valence-electron chi connectivity index (χ0n) is 10.3. The first-order chi connectivity index (χ1) is 8.31. The molecule has 0 fully saturated rings. The maximum Gasteiger partial charge on any atom is 0.319 e. The molecule has 0 bridgehead atoms. The third-order valence-corrected chi connectivity index (χ3v) is 3.70. The summed E-state index contributed by atoms with van der Waals surface area (Å²) < 4.78 is 28.6. The summed E-state index contributed by atoms with van der Waals surface area (Å²) >= 11 is 0. The number of carboxylic acid groups (broad SMARTS) is 1. The molecule has 0 aliphatic carbocycles. The van der Waals surface area contributed by atoms with Gasteiger partial charge < -0.3 is 9.84 Å². The van der Waals surface area contributed by atoms with E-state index in [1.54, 1.807) is 0 Å². The highest BCUT2D eigenvalue weighted by Crippen LogP contribution is 2.17. The summed E-state index contributed by atoms with van der Waals surface area (Å²) in [4.78, 5) is 10.4. The largest absolute Gasteiger partial charge is 0.493 e. The Hall–Kier alpha value is -1.56. The van der Waals surface area contributed by atoms with Crippen molar-refractivity contribution in [2.24, 2.45) is 5.92 Å². The van der Waals surface area contributed by atoms with Crippen molar-refractivity contribution in [2.75, 3.05) is 12.4 Å². The minimum atomic E-state index is -3.76. The highest BCUT2D eigenvalue weighted by Gasteiger charge is 2.18. The molecule has 100 valence electrons. The Balaban J connectivity index is 2.79. The summed E-state index contributed by atoms with van der Waals surface area (Å²) in [7, 11) is -3.76. The van der Waals surface area contributed by atoms with Crippen molar-refractivity contribution in [2.45, 2.75) is 18.7 Å². The predicted molar refractivity (Wildman–Crippen MR) is 66.5 cm³/mol. The molecule has 0 atom stereocenters. The van der Waals surface area contributed by atoms with Gasteiger partial charge in [0.2, 0.25) is 0 Å². The Labute approximate surface area is 106 Å². The van der Waals surface area contributed by atoms with Crippen LogP contribution in [0.1, 0.15) is 13.8 Å². The van der Waals surface area contributed by atoms with Crippen LogP contribution in [0.2, 0.25) is 0 Å². The molecule has 0 heterocycles. The Morgan fingerprint density at radius 2 is 1.83 bits per heavy atom. The molecule has 0 amide bonds. The minimum absolute atomic E-state index is 0.0122. The van der Waals surface area contributed by atoms with Gasteiger partial charge >= 0.3 is 5.97 Å². The normalized spacial score (nSPS) is 11.5. The lowest BCUT2D eigenvalue weighted by molar-refractivity contribution is -0.134. The predicted octanol–water partition coefficient (Wildman–Crippen LogP) is 1.58. The number of sulfone groups is 1. The van der Waals surface area contributed by atoms with Crippen molar-refractivity contribution in [1.29, 1.82) is 0 Å². The van der Waals surface area contributed by atoms with E-state index in [1.165, 1.54) is 24.3 Å². The highest BCUT2D eigenvalue weighted by atomic mass is 32.2. The first kappa shape index (κ1) is 14.5. The molecular weight excluding hydrogens is 256 g/mol. The van der Waals surface area contributed by atoms with Gasteiger partial charge in [-0.3, -0.25) is 4.79 Å². The molecule has 0 saturated carbocycles. The average molecular weight is 272 g/mol. The van der Waals surface area contributed by atoms with Crippen LogP contribution < -0.4 is 4.74 Å². The van der Waals surface area contributed by atoms with Crippen LogP contribution in [-0.4, -0.2) is 31.9 Å². The van der Waals surface area contributed by atoms with Gasteiger partial charge in [0.25, 0.3) is 0 Å². The van der Waals surface area contributed by atoms with Crippen molar-refractivity contribution in [1.82, 2.24) is 0 Å². The van der Waals surface area contributed by atoms with Crippen molar-refractivity contribution in [3.63, 3.8) is 0 Å². The number of ether oxygens (including phenoxy) is 1. The molecule has 0 unspecified atom stereocenters. The van der Waals surface area contributed by atoms with Crippen molar-refractivity contribution in [3.8, 4) is 5.75 Å². The van der Waals surface area contributed by atoms with Gasteiger partial charge in [-0.1, -0.05) is 13.8 Å². The lowest BCUT2D eigenvalue weighted by Crippen LogP contribution is -2.15. The molecule has 1 aromatic carbocycles. The Bertz CT molecular complexity index is 502. The number of rotatable bonds is 6. The number of hydrogen-bond donors (Lipinski definition) is 1. The SMILES string of the molecule is CC(C)COc1ccc(S(=O)(=O)CC(=O)O)cc1. The highest BCUT2D eigenvalue weighted by molar-refractivity contribution is 7.92. The van der Waals surface area contributed by atoms with Crippen molar-refractivity contribution >= 4 is 15.8 Å². The van der Waals surface area contributed by atoms with E-state index in [9.17, 15) is 13.2 Å². The van der Waals surface area contributed by atoms with Gasteiger partial charge in [0.15, 0.2) is 15.6 Å². The molecule has 0 aliphatic heterocycles. The smallest absolute Gasteiger partial charge is 0.319 e. The summed E-state index contributed by atoms with van der Waals surface area (Å²) in [5, 5.41) is 8.51. The summed E-state index contributed by atoms with van der Waals surface area (Å²) in [6, 6.07) is 5.76. The molecule has 5 nitrogen and oxygen atoms in total. The fraction of sp³-hybridized carbons (Fsp3) is 0.417. The number of hydrogen-bond acceptors (Lipinski definition) is 4. The molecule has 18 heavy (non-hydrogen) atoms. The van der Waals surface area contributed by atoms with Crippen LogP contribution in [0.15, 0.2) is 29.2 Å². The lowest BCUT2D eigenvalue weighted by Gasteiger charge is -2.09. The van der Waals surface area contributed by atoms with E-state index in [0.29, 0.717) is 18.3 Å². The second kappa shape index (κ2) is 5.86. The van der Waals surface area contributed by atoms with E-state index in [0.717, 1.165) is 0 Å². The van der Waals surface area contributed by atoms with Gasteiger partial charge in [0, 0.05) is 0 Å². The Kier molecular flexibility index (Phi) is 4.72. The standard InChI is InChI=1S/C12H16O5S/c1-9(2)7-17-10-3-5-11(6-4-10)18(15,16)8-12(13)14/h3-6,9H,7-8H2,1-2H3,(H,13,14). The topological polar surface area (TPSA) is 80.7 Å². The molecular formula is C12H16O5S. The number of carbonyl (C=O) groups is 1. The van der Waals surface area contributed by atoms with Crippen molar-refractivity contribution < 1.29 is 23.1 Å². The van der Waals surface area contributed by atoms with Crippen LogP contribution in [0.25, 0.3) is 0 Å². The maximum atomic E-state index is 11.6. The van der Waals surface area contributed by atoms with Crippen LogP contribution in [0, 0.1) is 5.92 Å². The van der Waals surface area contributed by atoms with Gasteiger partial charge in [-0.05, 0) is 30.2 Å². The van der Waals surface area contributed by atoms with E-state index in [4.69, 9.17) is 9.84 Å². The van der Waals surface area contributed by atoms with Crippen LogP contribution in [0.5, 0.6) is 5.75 Å². The van der Waals surface area contributed by atoms with Gasteiger partial charge in [-0.2, -0.15) is 0 Å². The van der Waals surface area contributed by atoms with E-state index < -0.39 is 21.6 Å². The number of benzene rings is 1. The Morgan fingerprint density at radius 1 is 1.28 bits per heavy atom. The number of carboxylic acids is 1. The van der Waals surface area contributed by atoms with Crippen LogP contribution >= 0.6 is 0 Å². The van der Waals surface area contributed by atoms with E-state index in [-0.39, 0.29) is 4.90 Å². The average Bonchev–Trinajstić information content (AvgIpc) is 2.25.